The molecule has 1 aliphatic carbocycles. The van der Waals surface area contributed by atoms with Gasteiger partial charge in [0, 0.05) is 42.0 Å². The summed E-state index contributed by atoms with van der Waals surface area (Å²) in [6, 6.07) is 4.98. The highest BCUT2D eigenvalue weighted by molar-refractivity contribution is 7.14. The van der Waals surface area contributed by atoms with E-state index < -0.39 is 0 Å². The number of phenols is 1. The molecule has 0 spiro atoms. The van der Waals surface area contributed by atoms with Crippen molar-refractivity contribution in [3.63, 3.8) is 0 Å². The molecule has 1 heterocycles. The normalized spacial score (nSPS) is 15.0. The summed E-state index contributed by atoms with van der Waals surface area (Å²) in [5, 5.41) is 12.3. The molecular weight excluding hydrogens is 312 g/mol. The van der Waals surface area contributed by atoms with E-state index in [2.05, 4.69) is 4.98 Å². The Bertz CT molecular complexity index is 823. The van der Waals surface area contributed by atoms with Gasteiger partial charge in [0.15, 0.2) is 10.9 Å². The third-order valence-electron chi connectivity index (χ3n) is 3.81. The van der Waals surface area contributed by atoms with Gasteiger partial charge >= 0.3 is 0 Å². The minimum Gasteiger partial charge on any atom is -0.508 e. The molecule has 0 unspecified atom stereocenters. The van der Waals surface area contributed by atoms with Gasteiger partial charge in [-0.25, -0.2) is 4.98 Å². The highest BCUT2D eigenvalue weighted by Gasteiger charge is 2.27. The number of fused-ring (bicyclic) bond motifs is 1. The largest absolute Gasteiger partial charge is 0.508 e. The third kappa shape index (κ3) is 2.77. The van der Waals surface area contributed by atoms with Crippen LogP contribution in [0.15, 0.2) is 29.2 Å². The van der Waals surface area contributed by atoms with Crippen molar-refractivity contribution >= 4 is 34.2 Å². The Hall–Kier alpha value is -2.47. The number of hydrogen-bond acceptors (Lipinski definition) is 5. The van der Waals surface area contributed by atoms with Gasteiger partial charge in [-0.3, -0.25) is 14.5 Å². The Morgan fingerprint density at radius 3 is 2.91 bits per heavy atom. The zero-order chi connectivity index (χ0) is 16.6. The minimum atomic E-state index is -0.0793. The molecule has 1 aromatic carbocycles. The second kappa shape index (κ2) is 5.96. The Balaban J connectivity index is 1.90. The number of ketones is 1. The van der Waals surface area contributed by atoms with Crippen LogP contribution >= 0.6 is 11.3 Å². The first-order chi connectivity index (χ1) is 11.0. The Kier molecular flexibility index (Phi) is 4.00. The molecule has 0 atom stereocenters. The van der Waals surface area contributed by atoms with Crippen molar-refractivity contribution in [1.29, 1.82) is 0 Å². The smallest absolute Gasteiger partial charge is 0.225 e. The second-order valence-electron chi connectivity index (χ2n) is 5.30. The molecule has 0 radical (unpaired) electrons. The van der Waals surface area contributed by atoms with Gasteiger partial charge in [0.05, 0.1) is 5.69 Å². The molecule has 0 bridgehead atoms. The maximum absolute atomic E-state index is 12.4. The van der Waals surface area contributed by atoms with Crippen molar-refractivity contribution in [3.8, 4) is 5.75 Å². The van der Waals surface area contributed by atoms with Crippen molar-refractivity contribution in [1.82, 2.24) is 4.98 Å². The molecule has 0 fully saturated rings. The SMILES string of the molecule is CCN(C(C)=O)c1nc(/C=C2\Cc3c(O)cccc3C2=O)cs1. The van der Waals surface area contributed by atoms with E-state index >= 15 is 0 Å². The molecule has 5 nitrogen and oxygen atoms in total. The van der Waals surface area contributed by atoms with Crippen LogP contribution in [-0.2, 0) is 11.2 Å². The summed E-state index contributed by atoms with van der Waals surface area (Å²) in [4.78, 5) is 30.0. The third-order valence-corrected chi connectivity index (χ3v) is 4.70. The van der Waals surface area contributed by atoms with Crippen LogP contribution < -0.4 is 4.90 Å². The molecule has 1 aromatic heterocycles. The van der Waals surface area contributed by atoms with Crippen molar-refractivity contribution < 1.29 is 14.7 Å². The summed E-state index contributed by atoms with van der Waals surface area (Å²) < 4.78 is 0. The molecule has 0 saturated heterocycles. The number of carbonyl (C=O) groups is 2. The summed E-state index contributed by atoms with van der Waals surface area (Å²) >= 11 is 1.37. The van der Waals surface area contributed by atoms with E-state index in [0.29, 0.717) is 40.5 Å². The maximum Gasteiger partial charge on any atom is 0.225 e. The fourth-order valence-corrected chi connectivity index (χ4v) is 3.56. The lowest BCUT2D eigenvalue weighted by Crippen LogP contribution is -2.27. The van der Waals surface area contributed by atoms with E-state index in [1.54, 1.807) is 29.2 Å². The van der Waals surface area contributed by atoms with Gasteiger partial charge < -0.3 is 5.11 Å². The van der Waals surface area contributed by atoms with Crippen LogP contribution in [0.3, 0.4) is 0 Å². The molecule has 1 N–H and O–H groups in total. The fourth-order valence-electron chi connectivity index (χ4n) is 2.67. The number of phenolic OH excluding ortho intramolecular Hbond substituents is 1. The Morgan fingerprint density at radius 2 is 2.26 bits per heavy atom. The van der Waals surface area contributed by atoms with Crippen molar-refractivity contribution in [2.24, 2.45) is 0 Å². The summed E-state index contributed by atoms with van der Waals surface area (Å²) in [5.74, 6) is 0.00615. The predicted molar refractivity (Wildman–Crippen MR) is 89.9 cm³/mol. The van der Waals surface area contributed by atoms with Gasteiger partial charge in [-0.15, -0.1) is 11.3 Å². The molecule has 2 aromatic rings. The first-order valence-corrected chi connectivity index (χ1v) is 8.19. The second-order valence-corrected chi connectivity index (χ2v) is 6.13. The van der Waals surface area contributed by atoms with Crippen LogP contribution in [0.25, 0.3) is 6.08 Å². The molecule has 0 aliphatic heterocycles. The standard InChI is InChI=1S/C17H16N2O3S/c1-3-19(10(2)20)17-18-12(9-23-17)7-11-8-14-13(16(11)22)5-4-6-15(14)21/h4-7,9,21H,3,8H2,1-2H3/b11-7+. The number of Topliss-reactive ketones (excluding diaryl/α,β-unsaturated/α-hetero) is 1. The molecular formula is C17H16N2O3S. The minimum absolute atomic E-state index is 0.0599. The van der Waals surface area contributed by atoms with Gasteiger partial charge in [0.1, 0.15) is 5.75 Å². The lowest BCUT2D eigenvalue weighted by molar-refractivity contribution is -0.116. The van der Waals surface area contributed by atoms with E-state index in [4.69, 9.17) is 0 Å². The molecule has 0 saturated carbocycles. The molecule has 3 rings (SSSR count). The first kappa shape index (κ1) is 15.4. The number of thiazole rings is 1. The number of anilines is 1. The van der Waals surface area contributed by atoms with E-state index in [1.165, 1.54) is 18.3 Å². The maximum atomic E-state index is 12.4. The summed E-state index contributed by atoms with van der Waals surface area (Å²) in [5.41, 5.74) is 2.47. The number of allylic oxidation sites excluding steroid dienone is 1. The van der Waals surface area contributed by atoms with E-state index in [1.807, 2.05) is 12.3 Å². The quantitative estimate of drug-likeness (QED) is 0.879. The van der Waals surface area contributed by atoms with Gasteiger partial charge in [-0.2, -0.15) is 0 Å². The summed E-state index contributed by atoms with van der Waals surface area (Å²) in [6.45, 7) is 3.95. The monoisotopic (exact) mass is 328 g/mol. The molecule has 1 amide bonds. The summed E-state index contributed by atoms with van der Waals surface area (Å²) in [7, 11) is 0. The lowest BCUT2D eigenvalue weighted by atomic mass is 10.1. The van der Waals surface area contributed by atoms with Crippen molar-refractivity contribution in [2.75, 3.05) is 11.4 Å². The van der Waals surface area contributed by atoms with Crippen LogP contribution in [0, 0.1) is 0 Å². The lowest BCUT2D eigenvalue weighted by Gasteiger charge is -2.14. The van der Waals surface area contributed by atoms with Crippen molar-refractivity contribution in [3.05, 3.63) is 46.0 Å². The zero-order valence-electron chi connectivity index (χ0n) is 12.9. The molecule has 23 heavy (non-hydrogen) atoms. The van der Waals surface area contributed by atoms with Gasteiger partial charge in [0.25, 0.3) is 0 Å². The first-order valence-electron chi connectivity index (χ1n) is 7.31. The average molecular weight is 328 g/mol. The van der Waals surface area contributed by atoms with E-state index in [-0.39, 0.29) is 17.4 Å². The number of hydrogen-bond donors (Lipinski definition) is 1. The van der Waals surface area contributed by atoms with Crippen LogP contribution in [0.4, 0.5) is 5.13 Å². The van der Waals surface area contributed by atoms with Gasteiger partial charge in [-0.1, -0.05) is 12.1 Å². The fraction of sp³-hybridized carbons (Fsp3) is 0.235. The topological polar surface area (TPSA) is 70.5 Å². The number of rotatable bonds is 3. The molecule has 1 aliphatic rings. The highest BCUT2D eigenvalue weighted by Crippen LogP contribution is 2.34. The summed E-state index contributed by atoms with van der Waals surface area (Å²) in [6.07, 6.45) is 2.13. The molecule has 118 valence electrons. The number of benzene rings is 1. The van der Waals surface area contributed by atoms with E-state index in [0.717, 1.165) is 0 Å². The predicted octanol–water partition coefficient (Wildman–Crippen LogP) is 3.04. The Morgan fingerprint density at radius 1 is 1.48 bits per heavy atom. The number of nitrogens with zero attached hydrogens (tertiary/aromatic N) is 2. The van der Waals surface area contributed by atoms with Gasteiger partial charge in [-0.05, 0) is 19.1 Å². The van der Waals surface area contributed by atoms with Crippen LogP contribution in [0.2, 0.25) is 0 Å². The van der Waals surface area contributed by atoms with Gasteiger partial charge in [0.2, 0.25) is 5.91 Å². The number of amides is 1. The van der Waals surface area contributed by atoms with Crippen LogP contribution in [0.5, 0.6) is 5.75 Å². The zero-order valence-corrected chi connectivity index (χ0v) is 13.7. The average Bonchev–Trinajstić information content (AvgIpc) is 3.08. The number of carbonyl (C=O) groups excluding carboxylic acids is 2. The van der Waals surface area contributed by atoms with E-state index in [9.17, 15) is 14.7 Å². The highest BCUT2D eigenvalue weighted by atomic mass is 32.1. The molecule has 6 heteroatoms. The number of aromatic nitrogens is 1. The van der Waals surface area contributed by atoms with Crippen LogP contribution in [0.1, 0.15) is 35.5 Å². The van der Waals surface area contributed by atoms with Crippen LogP contribution in [-0.4, -0.2) is 28.3 Å². The Labute approximate surface area is 137 Å². The van der Waals surface area contributed by atoms with Crippen molar-refractivity contribution in [2.45, 2.75) is 20.3 Å². The number of aromatic hydroxyl groups is 1.